The Bertz CT molecular complexity index is 544. The van der Waals surface area contributed by atoms with E-state index in [0.29, 0.717) is 6.54 Å². The number of aromatic nitrogens is 2. The summed E-state index contributed by atoms with van der Waals surface area (Å²) in [7, 11) is 0. The van der Waals surface area contributed by atoms with Crippen LogP contribution in [0.25, 0.3) is 0 Å². The topological polar surface area (TPSA) is 34.9 Å². The molecule has 0 saturated heterocycles. The van der Waals surface area contributed by atoms with Gasteiger partial charge < -0.3 is 0 Å². The van der Waals surface area contributed by atoms with E-state index in [-0.39, 0.29) is 5.56 Å². The summed E-state index contributed by atoms with van der Waals surface area (Å²) >= 11 is 0. The molecule has 0 fully saturated rings. The third-order valence-electron chi connectivity index (χ3n) is 2.71. The molecule has 82 valence electrons. The van der Waals surface area contributed by atoms with E-state index in [1.165, 1.54) is 0 Å². The molecular weight excluding hydrogens is 200 g/mol. The number of hydrogen-bond donors (Lipinski definition) is 0. The number of benzene rings is 1. The summed E-state index contributed by atoms with van der Waals surface area (Å²) in [4.78, 5) is 16.1. The number of hydrogen-bond acceptors (Lipinski definition) is 2. The van der Waals surface area contributed by atoms with Crippen LogP contribution in [-0.2, 0) is 6.54 Å². The zero-order valence-electron chi connectivity index (χ0n) is 9.47. The van der Waals surface area contributed by atoms with Gasteiger partial charge in [0, 0.05) is 11.3 Å². The van der Waals surface area contributed by atoms with Gasteiger partial charge in [0.15, 0.2) is 0 Å². The Morgan fingerprint density at radius 1 is 1.19 bits per heavy atom. The molecule has 2 rings (SSSR count). The Kier molecular flexibility index (Phi) is 2.86. The van der Waals surface area contributed by atoms with Crippen molar-refractivity contribution >= 4 is 0 Å². The monoisotopic (exact) mass is 214 g/mol. The van der Waals surface area contributed by atoms with Gasteiger partial charge in [0.25, 0.3) is 5.56 Å². The fraction of sp³-hybridized carbons (Fsp3) is 0.231. The van der Waals surface area contributed by atoms with E-state index >= 15 is 0 Å². The van der Waals surface area contributed by atoms with Gasteiger partial charge in [-0.2, -0.15) is 0 Å². The normalized spacial score (nSPS) is 10.4. The third-order valence-corrected chi connectivity index (χ3v) is 2.71. The van der Waals surface area contributed by atoms with Crippen molar-refractivity contribution in [2.24, 2.45) is 0 Å². The predicted octanol–water partition coefficient (Wildman–Crippen LogP) is 1.91. The van der Waals surface area contributed by atoms with Crippen LogP contribution in [0.4, 0.5) is 0 Å². The summed E-state index contributed by atoms with van der Waals surface area (Å²) in [5, 5.41) is 0. The van der Waals surface area contributed by atoms with Crippen LogP contribution < -0.4 is 5.56 Å². The van der Waals surface area contributed by atoms with E-state index in [1.54, 1.807) is 10.9 Å². The molecule has 0 spiro atoms. The number of rotatable bonds is 2. The van der Waals surface area contributed by atoms with E-state index in [9.17, 15) is 4.79 Å². The Labute approximate surface area is 94.4 Å². The lowest BCUT2D eigenvalue weighted by molar-refractivity contribution is 0.721. The van der Waals surface area contributed by atoms with Gasteiger partial charge in [-0.1, -0.05) is 30.3 Å². The average Bonchev–Trinajstić information content (AvgIpc) is 2.31. The van der Waals surface area contributed by atoms with E-state index < -0.39 is 0 Å². The van der Waals surface area contributed by atoms with E-state index in [4.69, 9.17) is 0 Å². The van der Waals surface area contributed by atoms with Gasteiger partial charge in [-0.3, -0.25) is 9.36 Å². The minimum Gasteiger partial charge on any atom is -0.295 e. The Morgan fingerprint density at radius 2 is 1.88 bits per heavy atom. The van der Waals surface area contributed by atoms with Crippen molar-refractivity contribution in [2.75, 3.05) is 0 Å². The zero-order chi connectivity index (χ0) is 11.5. The highest BCUT2D eigenvalue weighted by molar-refractivity contribution is 5.17. The van der Waals surface area contributed by atoms with Crippen LogP contribution in [0.3, 0.4) is 0 Å². The first-order chi connectivity index (χ1) is 7.68. The van der Waals surface area contributed by atoms with Crippen LogP contribution in [-0.4, -0.2) is 9.55 Å². The van der Waals surface area contributed by atoms with Crippen molar-refractivity contribution < 1.29 is 0 Å². The molecule has 0 amide bonds. The van der Waals surface area contributed by atoms with Crippen LogP contribution in [0.2, 0.25) is 0 Å². The lowest BCUT2D eigenvalue weighted by Crippen LogP contribution is -2.24. The van der Waals surface area contributed by atoms with Gasteiger partial charge in [0.1, 0.15) is 0 Å². The molecule has 0 radical (unpaired) electrons. The van der Waals surface area contributed by atoms with Gasteiger partial charge in [-0.05, 0) is 19.4 Å². The Balaban J connectivity index is 2.37. The minimum atomic E-state index is 0.0383. The van der Waals surface area contributed by atoms with E-state index in [0.717, 1.165) is 16.8 Å². The minimum absolute atomic E-state index is 0.0383. The van der Waals surface area contributed by atoms with Gasteiger partial charge in [0.05, 0.1) is 12.9 Å². The SMILES string of the molecule is Cc1ncn(Cc2ccccc2)c(=O)c1C. The van der Waals surface area contributed by atoms with E-state index in [1.807, 2.05) is 44.2 Å². The van der Waals surface area contributed by atoms with Gasteiger partial charge >= 0.3 is 0 Å². The highest BCUT2D eigenvalue weighted by Crippen LogP contribution is 2.01. The maximum atomic E-state index is 11.9. The molecule has 0 unspecified atom stereocenters. The first-order valence-corrected chi connectivity index (χ1v) is 5.25. The molecule has 0 aliphatic carbocycles. The Hall–Kier alpha value is -1.90. The number of nitrogens with zero attached hydrogens (tertiary/aromatic N) is 2. The average molecular weight is 214 g/mol. The lowest BCUT2D eigenvalue weighted by Gasteiger charge is -2.07. The maximum Gasteiger partial charge on any atom is 0.256 e. The largest absolute Gasteiger partial charge is 0.295 e. The molecule has 3 nitrogen and oxygen atoms in total. The predicted molar refractivity (Wildman–Crippen MR) is 63.5 cm³/mol. The molecule has 0 N–H and O–H groups in total. The van der Waals surface area contributed by atoms with Crippen molar-refractivity contribution in [1.29, 1.82) is 0 Å². The fourth-order valence-corrected chi connectivity index (χ4v) is 1.57. The second-order valence-electron chi connectivity index (χ2n) is 3.87. The van der Waals surface area contributed by atoms with Crippen LogP contribution in [0.1, 0.15) is 16.8 Å². The van der Waals surface area contributed by atoms with Gasteiger partial charge in [0.2, 0.25) is 0 Å². The molecule has 3 heteroatoms. The van der Waals surface area contributed by atoms with Crippen LogP contribution in [0.5, 0.6) is 0 Å². The molecule has 1 heterocycles. The zero-order valence-corrected chi connectivity index (χ0v) is 9.47. The standard InChI is InChI=1S/C13H14N2O/c1-10-11(2)14-9-15(13(10)16)8-12-6-4-3-5-7-12/h3-7,9H,8H2,1-2H3. The van der Waals surface area contributed by atoms with Crippen molar-refractivity contribution in [2.45, 2.75) is 20.4 Å². The second-order valence-corrected chi connectivity index (χ2v) is 3.87. The third kappa shape index (κ3) is 2.03. The van der Waals surface area contributed by atoms with Crippen LogP contribution >= 0.6 is 0 Å². The van der Waals surface area contributed by atoms with Crippen molar-refractivity contribution in [1.82, 2.24) is 9.55 Å². The molecule has 1 aromatic carbocycles. The first-order valence-electron chi connectivity index (χ1n) is 5.25. The summed E-state index contributed by atoms with van der Waals surface area (Å²) in [6.07, 6.45) is 1.61. The molecular formula is C13H14N2O. The van der Waals surface area contributed by atoms with Crippen molar-refractivity contribution in [3.05, 3.63) is 63.8 Å². The smallest absolute Gasteiger partial charge is 0.256 e. The van der Waals surface area contributed by atoms with E-state index in [2.05, 4.69) is 4.98 Å². The van der Waals surface area contributed by atoms with Crippen molar-refractivity contribution in [3.63, 3.8) is 0 Å². The summed E-state index contributed by atoms with van der Waals surface area (Å²) < 4.78 is 1.64. The summed E-state index contributed by atoms with van der Waals surface area (Å²) in [6, 6.07) is 9.90. The molecule has 0 bridgehead atoms. The molecule has 1 aromatic heterocycles. The quantitative estimate of drug-likeness (QED) is 0.765. The Morgan fingerprint density at radius 3 is 2.56 bits per heavy atom. The highest BCUT2D eigenvalue weighted by atomic mass is 16.1. The molecule has 0 saturated carbocycles. The molecule has 2 aromatic rings. The fourth-order valence-electron chi connectivity index (χ4n) is 1.57. The lowest BCUT2D eigenvalue weighted by atomic mass is 10.2. The summed E-state index contributed by atoms with van der Waals surface area (Å²) in [5.41, 5.74) is 2.67. The van der Waals surface area contributed by atoms with Gasteiger partial charge in [-0.15, -0.1) is 0 Å². The molecule has 0 atom stereocenters. The summed E-state index contributed by atoms with van der Waals surface area (Å²) in [5.74, 6) is 0. The number of aryl methyl sites for hydroxylation is 1. The second kappa shape index (κ2) is 4.31. The first kappa shape index (κ1) is 10.6. The van der Waals surface area contributed by atoms with Crippen LogP contribution in [0.15, 0.2) is 41.5 Å². The molecule has 0 aliphatic heterocycles. The maximum absolute atomic E-state index is 11.9. The van der Waals surface area contributed by atoms with Crippen LogP contribution in [0, 0.1) is 13.8 Å². The van der Waals surface area contributed by atoms with Crippen molar-refractivity contribution in [3.8, 4) is 0 Å². The molecule has 16 heavy (non-hydrogen) atoms. The summed E-state index contributed by atoms with van der Waals surface area (Å²) in [6.45, 7) is 4.24. The van der Waals surface area contributed by atoms with Gasteiger partial charge in [-0.25, -0.2) is 4.98 Å². The molecule has 0 aliphatic rings. The highest BCUT2D eigenvalue weighted by Gasteiger charge is 2.03.